The summed E-state index contributed by atoms with van der Waals surface area (Å²) >= 11 is 1.69. The molecule has 14 heteroatoms. The molecular weight excluding hydrogens is 580 g/mol. The number of imidazole rings is 1. The maximum Gasteiger partial charge on any atom is 0.413 e. The Morgan fingerprint density at radius 1 is 1.31 bits per heavy atom. The van der Waals surface area contributed by atoms with Crippen molar-refractivity contribution in [3.8, 4) is 12.3 Å². The maximum absolute atomic E-state index is 15.9. The Bertz CT molecular complexity index is 1210. The smallest absolute Gasteiger partial charge is 0.413 e. The van der Waals surface area contributed by atoms with Crippen LogP contribution in [0.3, 0.4) is 0 Å². The predicted molar refractivity (Wildman–Crippen MR) is 127 cm³/mol. The number of carbonyl (C=O) groups excluding carboxylic acids is 1. The molecule has 3 rings (SSSR count). The molecule has 0 radical (unpaired) electrons. The molecule has 1 aliphatic heterocycles. The van der Waals surface area contributed by atoms with Crippen molar-refractivity contribution in [3.05, 3.63) is 12.7 Å². The number of anilines is 1. The number of amides is 1. The van der Waals surface area contributed by atoms with Crippen molar-refractivity contribution in [1.29, 1.82) is 0 Å². The fourth-order valence-electron chi connectivity index (χ4n) is 4.07. The lowest BCUT2D eigenvalue weighted by atomic mass is 9.69. The average molecular weight is 603 g/mol. The van der Waals surface area contributed by atoms with Crippen molar-refractivity contribution >= 4 is 57.6 Å². The second kappa shape index (κ2) is 9.53. The Balaban J connectivity index is 2.13. The third-order valence-electron chi connectivity index (χ3n) is 5.39. The summed E-state index contributed by atoms with van der Waals surface area (Å²) in [6, 6.07) is 0. The van der Waals surface area contributed by atoms with Crippen LogP contribution in [-0.4, -0.2) is 63.6 Å². The lowest BCUT2D eigenvalue weighted by Gasteiger charge is -2.33. The van der Waals surface area contributed by atoms with Gasteiger partial charge in [0.05, 0.1) is 34.9 Å². The third kappa shape index (κ3) is 5.15. The van der Waals surface area contributed by atoms with Gasteiger partial charge in [0, 0.05) is 0 Å². The molecule has 1 fully saturated rings. The van der Waals surface area contributed by atoms with Gasteiger partial charge >= 0.3 is 18.0 Å². The van der Waals surface area contributed by atoms with E-state index in [0.717, 1.165) is 6.33 Å². The predicted octanol–water partition coefficient (Wildman–Crippen LogP) is 2.99. The summed E-state index contributed by atoms with van der Waals surface area (Å²) < 4.78 is 27.7. The minimum atomic E-state index is -2.55. The van der Waals surface area contributed by atoms with Crippen LogP contribution in [0.4, 0.5) is 15.0 Å². The number of alkyl halides is 2. The number of halogens is 2. The van der Waals surface area contributed by atoms with Gasteiger partial charge < -0.3 is 19.7 Å². The minimum absolute atomic E-state index is 0.0203. The number of fused-ring (bicyclic) bond motifs is 1. The van der Waals surface area contributed by atoms with Gasteiger partial charge in [-0.1, -0.05) is 28.5 Å². The number of nitrogens with zero attached hydrogens (tertiary/aromatic N) is 4. The van der Waals surface area contributed by atoms with Gasteiger partial charge in [0.1, 0.15) is 11.9 Å². The van der Waals surface area contributed by atoms with Gasteiger partial charge in [-0.05, 0) is 20.8 Å². The SMILES string of the molecule is C#C[C@]1(CC(=O)O)[C@H](n2cnc3c(NC(=O)OC(C)(C)C)ncnc32)O[C@](F)(CI)[C@H]1CC(=O)O. The zero-order chi connectivity index (χ0) is 26.2. The Labute approximate surface area is 212 Å². The van der Waals surface area contributed by atoms with Crippen molar-refractivity contribution in [2.45, 2.75) is 51.3 Å². The van der Waals surface area contributed by atoms with Crippen LogP contribution in [0.1, 0.15) is 39.8 Å². The van der Waals surface area contributed by atoms with Crippen LogP contribution in [0.2, 0.25) is 0 Å². The van der Waals surface area contributed by atoms with Crippen LogP contribution >= 0.6 is 22.6 Å². The van der Waals surface area contributed by atoms with E-state index >= 15 is 4.39 Å². The monoisotopic (exact) mass is 603 g/mol. The summed E-state index contributed by atoms with van der Waals surface area (Å²) in [5.41, 5.74) is -2.56. The highest BCUT2D eigenvalue weighted by Gasteiger charge is 2.65. The highest BCUT2D eigenvalue weighted by Crippen LogP contribution is 2.59. The number of aliphatic carboxylic acids is 2. The average Bonchev–Trinajstić information content (AvgIpc) is 3.26. The molecule has 0 saturated carbocycles. The number of rotatable bonds is 7. The highest BCUT2D eigenvalue weighted by molar-refractivity contribution is 14.1. The largest absolute Gasteiger partial charge is 0.481 e. The van der Waals surface area contributed by atoms with Crippen LogP contribution in [0.25, 0.3) is 11.2 Å². The summed E-state index contributed by atoms with van der Waals surface area (Å²) in [6.45, 7) is 5.04. The molecule has 3 heterocycles. The van der Waals surface area contributed by atoms with E-state index in [1.807, 2.05) is 0 Å². The van der Waals surface area contributed by atoms with Gasteiger partial charge in [-0.15, -0.1) is 6.42 Å². The standard InChI is InChI=1S/C21H23FIN5O7/c1-5-20(7-13(31)32)11(6-12(29)30)21(22,8-23)34-17(20)28-10-26-14-15(24-9-25-16(14)28)27-18(33)35-19(2,3)4/h1,9-11,17H,6-8H2,2-4H3,(H,29,30)(H,31,32)(H,24,25,27,33)/t11-,17+,20+,21+/m0/s1. The summed E-state index contributed by atoms with van der Waals surface area (Å²) in [5.74, 6) is -4.45. The highest BCUT2D eigenvalue weighted by atomic mass is 127. The van der Waals surface area contributed by atoms with E-state index in [4.69, 9.17) is 15.9 Å². The fourth-order valence-corrected chi connectivity index (χ4v) is 4.78. The lowest BCUT2D eigenvalue weighted by molar-refractivity contribution is -0.161. The van der Waals surface area contributed by atoms with E-state index < -0.39 is 59.9 Å². The van der Waals surface area contributed by atoms with Crippen molar-refractivity contribution in [2.24, 2.45) is 11.3 Å². The molecule has 188 valence electrons. The molecule has 1 saturated heterocycles. The summed E-state index contributed by atoms with van der Waals surface area (Å²) in [5, 5.41) is 21.5. The quantitative estimate of drug-likeness (QED) is 0.243. The van der Waals surface area contributed by atoms with Gasteiger partial charge in [-0.3, -0.25) is 19.5 Å². The molecule has 0 aromatic carbocycles. The summed E-state index contributed by atoms with van der Waals surface area (Å²) in [6.07, 6.45) is 4.24. The van der Waals surface area contributed by atoms with Crippen LogP contribution in [0, 0.1) is 23.7 Å². The second-order valence-corrected chi connectivity index (χ2v) is 9.73. The molecule has 35 heavy (non-hydrogen) atoms. The Morgan fingerprint density at radius 2 is 2.00 bits per heavy atom. The fraction of sp³-hybridized carbons (Fsp3) is 0.524. The number of carboxylic acid groups (broad SMARTS) is 2. The zero-order valence-corrected chi connectivity index (χ0v) is 21.1. The van der Waals surface area contributed by atoms with E-state index in [0.29, 0.717) is 0 Å². The third-order valence-corrected chi connectivity index (χ3v) is 6.43. The number of hydrogen-bond acceptors (Lipinski definition) is 8. The van der Waals surface area contributed by atoms with Gasteiger partial charge in [-0.25, -0.2) is 24.1 Å². The van der Waals surface area contributed by atoms with E-state index in [1.165, 1.54) is 10.9 Å². The number of hydrogen-bond donors (Lipinski definition) is 3. The molecular formula is C21H23FIN5O7. The number of ether oxygens (including phenoxy) is 2. The van der Waals surface area contributed by atoms with E-state index in [-0.39, 0.29) is 21.4 Å². The van der Waals surface area contributed by atoms with Crippen LogP contribution < -0.4 is 5.32 Å². The van der Waals surface area contributed by atoms with E-state index in [9.17, 15) is 24.6 Å². The molecule has 1 aliphatic rings. The number of nitrogens with one attached hydrogen (secondary N) is 1. The lowest BCUT2D eigenvalue weighted by Crippen LogP contribution is -2.42. The molecule has 1 amide bonds. The maximum atomic E-state index is 15.9. The molecule has 4 atom stereocenters. The van der Waals surface area contributed by atoms with Gasteiger partial charge in [0.2, 0.25) is 5.85 Å². The summed E-state index contributed by atoms with van der Waals surface area (Å²) in [7, 11) is 0. The van der Waals surface area contributed by atoms with Crippen molar-refractivity contribution in [2.75, 3.05) is 9.74 Å². The first-order valence-electron chi connectivity index (χ1n) is 10.3. The topological polar surface area (TPSA) is 166 Å². The number of terminal acetylenes is 1. The Hall–Kier alpha value is -3.06. The molecule has 0 aliphatic carbocycles. The van der Waals surface area contributed by atoms with Crippen molar-refractivity contribution in [1.82, 2.24) is 19.5 Å². The van der Waals surface area contributed by atoms with Gasteiger partial charge in [0.25, 0.3) is 0 Å². The van der Waals surface area contributed by atoms with Gasteiger partial charge in [-0.2, -0.15) is 0 Å². The Kier molecular flexibility index (Phi) is 7.23. The Morgan fingerprint density at radius 3 is 2.54 bits per heavy atom. The van der Waals surface area contributed by atoms with Gasteiger partial charge in [0.15, 0.2) is 23.2 Å². The van der Waals surface area contributed by atoms with Crippen molar-refractivity contribution in [3.63, 3.8) is 0 Å². The zero-order valence-electron chi connectivity index (χ0n) is 19.0. The van der Waals surface area contributed by atoms with Crippen LogP contribution in [-0.2, 0) is 19.1 Å². The van der Waals surface area contributed by atoms with E-state index in [1.54, 1.807) is 43.4 Å². The molecule has 12 nitrogen and oxygen atoms in total. The van der Waals surface area contributed by atoms with Crippen LogP contribution in [0.15, 0.2) is 12.7 Å². The summed E-state index contributed by atoms with van der Waals surface area (Å²) in [4.78, 5) is 47.9. The first-order chi connectivity index (χ1) is 16.3. The molecule has 0 bridgehead atoms. The molecule has 0 unspecified atom stereocenters. The van der Waals surface area contributed by atoms with E-state index in [2.05, 4.69) is 26.2 Å². The molecule has 2 aromatic rings. The molecule has 0 spiro atoms. The second-order valence-electron chi connectivity index (χ2n) is 8.97. The van der Waals surface area contributed by atoms with Crippen LogP contribution in [0.5, 0.6) is 0 Å². The van der Waals surface area contributed by atoms with Crippen molar-refractivity contribution < 1.29 is 38.5 Å². The number of aromatic nitrogens is 4. The normalized spacial score (nSPS) is 26.3. The molecule has 3 N–H and O–H groups in total. The first kappa shape index (κ1) is 26.5. The minimum Gasteiger partial charge on any atom is -0.481 e. The molecule has 2 aromatic heterocycles. The first-order valence-corrected chi connectivity index (χ1v) is 11.8. The number of carbonyl (C=O) groups is 3. The number of carboxylic acids is 2.